The molecule has 25 heteroatoms. The van der Waals surface area contributed by atoms with E-state index in [1.165, 1.54) is 10.9 Å². The zero-order valence-corrected chi connectivity index (χ0v) is 33.9. The number of aliphatic hydroxyl groups is 1. The van der Waals surface area contributed by atoms with Gasteiger partial charge in [0.15, 0.2) is 24.6 Å². The molecule has 24 nitrogen and oxygen atoms in total. The lowest BCUT2D eigenvalue weighted by Crippen LogP contribution is -2.62. The average molecular weight is 892 g/mol. The molecule has 1 N–H and O–H groups in total. The molecule has 62 heavy (non-hydrogen) atoms. The molecule has 0 amide bonds. The van der Waals surface area contributed by atoms with Crippen molar-refractivity contribution in [1.82, 2.24) is 0 Å². The van der Waals surface area contributed by atoms with E-state index < -0.39 is 133 Å². The number of fused-ring (bicyclic) bond motifs is 1. The van der Waals surface area contributed by atoms with E-state index >= 15 is 0 Å². The van der Waals surface area contributed by atoms with Crippen molar-refractivity contribution in [2.45, 2.75) is 63.3 Å². The molecule has 4 rings (SSSR count). The number of ether oxygens (including phenoxy) is 6. The Bertz CT molecular complexity index is 2120. The highest BCUT2D eigenvalue weighted by atomic mass is 32.1. The van der Waals surface area contributed by atoms with E-state index in [1.54, 1.807) is 0 Å². The molecule has 1 saturated heterocycles. The summed E-state index contributed by atoms with van der Waals surface area (Å²) in [5, 5.41) is 55.4. The van der Waals surface area contributed by atoms with Gasteiger partial charge in [0.2, 0.25) is 26.2 Å². The predicted octanol–water partition coefficient (Wildman–Crippen LogP) is 2.60. The Morgan fingerprint density at radius 1 is 0.677 bits per heavy atom. The molecule has 5 unspecified atom stereocenters. The monoisotopic (exact) mass is 891 g/mol. The average Bonchev–Trinajstić information content (AvgIpc) is 3.22. The Morgan fingerprint density at radius 3 is 1.71 bits per heavy atom. The van der Waals surface area contributed by atoms with Crippen LogP contribution in [0.25, 0.3) is 10.8 Å². The Hall–Kier alpha value is -6.99. The largest absolute Gasteiger partial charge is 0.463 e. The molecule has 334 valence electrons. The molecule has 5 atom stereocenters. The molecule has 1 heterocycles. The van der Waals surface area contributed by atoms with Crippen molar-refractivity contribution in [3.05, 3.63) is 113 Å². The van der Waals surface area contributed by atoms with Crippen LogP contribution < -0.4 is 9.64 Å². The van der Waals surface area contributed by atoms with Gasteiger partial charge in [0.25, 0.3) is 5.17 Å². The van der Waals surface area contributed by atoms with Crippen LogP contribution in [0.2, 0.25) is 0 Å². The number of anilines is 1. The number of hydrogen-bond acceptors (Lipinski definition) is 20. The second-order valence-electron chi connectivity index (χ2n) is 13.1. The zero-order valence-electron chi connectivity index (χ0n) is 33.0. The first kappa shape index (κ1) is 49.4. The van der Waals surface area contributed by atoms with Crippen molar-refractivity contribution in [2.24, 2.45) is 0 Å². The quantitative estimate of drug-likeness (QED) is 0.0594. The van der Waals surface area contributed by atoms with E-state index in [-0.39, 0.29) is 0 Å². The van der Waals surface area contributed by atoms with Crippen molar-refractivity contribution < 1.29 is 72.4 Å². The third-order valence-electron chi connectivity index (χ3n) is 8.40. The molecule has 3 aromatic rings. The SMILES string of the molecule is Cc1cccc(N(C)C(=S)Oc2ccc3ccccc3c2)c1.O=C(CC[N+](=O)[O-])OCC1OC(O)C(OC(=O)CC[N+](=O)[O-])C(OC(=O)CC[N+](=O)[O-])C1OC(=O)CC[N+](=O)[O-]. The van der Waals surface area contributed by atoms with Crippen LogP contribution in [-0.4, -0.2) is 124 Å². The third-order valence-corrected chi connectivity index (χ3v) is 8.76. The lowest BCUT2D eigenvalue weighted by atomic mass is 9.98. The van der Waals surface area contributed by atoms with Crippen LogP contribution in [-0.2, 0) is 42.9 Å². The third kappa shape index (κ3) is 16.9. The number of carbonyl (C=O) groups excluding carboxylic acids is 4. The summed E-state index contributed by atoms with van der Waals surface area (Å²) in [6.07, 6.45) is -13.2. The van der Waals surface area contributed by atoms with Crippen LogP contribution in [0.15, 0.2) is 66.7 Å². The van der Waals surface area contributed by atoms with E-state index in [1.807, 2.05) is 54.4 Å². The molecular weight excluding hydrogens is 850 g/mol. The Balaban J connectivity index is 0.000000387. The maximum absolute atomic E-state index is 12.3. The summed E-state index contributed by atoms with van der Waals surface area (Å²) < 4.78 is 30.9. The van der Waals surface area contributed by atoms with Crippen molar-refractivity contribution in [2.75, 3.05) is 44.7 Å². The second kappa shape index (κ2) is 24.3. The van der Waals surface area contributed by atoms with Crippen LogP contribution in [0.3, 0.4) is 0 Å². The molecule has 1 fully saturated rings. The van der Waals surface area contributed by atoms with Gasteiger partial charge in [0.05, 0.1) is 0 Å². The molecule has 0 radical (unpaired) electrons. The number of thiocarbonyl (C=S) groups is 1. The predicted molar refractivity (Wildman–Crippen MR) is 214 cm³/mol. The van der Waals surface area contributed by atoms with Crippen LogP contribution in [0.4, 0.5) is 5.69 Å². The first-order chi connectivity index (χ1) is 29.3. The maximum atomic E-state index is 12.3. The highest BCUT2D eigenvalue weighted by molar-refractivity contribution is 7.80. The standard InChI is InChI=1S/C19H17NOS.C18H24N4O18/c1-14-6-5-9-17(12-14)20(2)19(22)21-18-11-10-15-7-3-4-8-16(15)13-18;23-11(1-5-19(28)29)36-9-10-15(38-12(24)2-6-20(30)31)16(39-13(25)3-7-21(32)33)17(18(27)37-10)40-14(26)4-8-22(34)35/h3-13H,1-2H3;10,15-18,27H,1-9H2. The Kier molecular flexibility index (Phi) is 19.4. The van der Waals surface area contributed by atoms with Crippen LogP contribution in [0, 0.1) is 47.4 Å². The van der Waals surface area contributed by atoms with Crippen molar-refractivity contribution in [1.29, 1.82) is 0 Å². The van der Waals surface area contributed by atoms with E-state index in [9.17, 15) is 64.7 Å². The van der Waals surface area contributed by atoms with Gasteiger partial charge in [0, 0.05) is 32.4 Å². The molecule has 1 aliphatic heterocycles. The number of nitrogens with zero attached hydrogens (tertiary/aromatic N) is 5. The molecule has 3 aromatic carbocycles. The summed E-state index contributed by atoms with van der Waals surface area (Å²) in [7, 11) is 1.91. The first-order valence-electron chi connectivity index (χ1n) is 18.4. The maximum Gasteiger partial charge on any atom is 0.313 e. The first-order valence-corrected chi connectivity index (χ1v) is 18.8. The summed E-state index contributed by atoms with van der Waals surface area (Å²) >= 11 is 5.41. The van der Waals surface area contributed by atoms with Crippen molar-refractivity contribution in [3.63, 3.8) is 0 Å². The fraction of sp³-hybridized carbons (Fsp3) is 0.432. The van der Waals surface area contributed by atoms with E-state index in [2.05, 4.69) is 31.2 Å². The molecule has 0 aliphatic carbocycles. The summed E-state index contributed by atoms with van der Waals surface area (Å²) in [5.41, 5.74) is 2.21. The van der Waals surface area contributed by atoms with Gasteiger partial charge in [-0.3, -0.25) is 59.6 Å². The fourth-order valence-electron chi connectivity index (χ4n) is 5.38. The zero-order chi connectivity index (χ0) is 45.9. The number of benzene rings is 3. The fourth-order valence-corrected chi connectivity index (χ4v) is 5.58. The van der Waals surface area contributed by atoms with Gasteiger partial charge in [0.1, 0.15) is 44.1 Å². The number of aryl methyl sites for hydroxylation is 1. The number of nitro groups is 4. The Morgan fingerprint density at radius 2 is 1.18 bits per heavy atom. The summed E-state index contributed by atoms with van der Waals surface area (Å²) in [6.45, 7) is -2.40. The molecule has 0 aromatic heterocycles. The van der Waals surface area contributed by atoms with Crippen molar-refractivity contribution >= 4 is 57.7 Å². The number of rotatable bonds is 19. The molecule has 1 aliphatic rings. The van der Waals surface area contributed by atoms with E-state index in [4.69, 9.17) is 40.6 Å². The number of carbonyl (C=O) groups is 4. The summed E-state index contributed by atoms with van der Waals surface area (Å²) in [4.78, 5) is 89.1. The van der Waals surface area contributed by atoms with Crippen molar-refractivity contribution in [3.8, 4) is 5.75 Å². The van der Waals surface area contributed by atoms with E-state index in [0.717, 1.165) is 16.8 Å². The van der Waals surface area contributed by atoms with E-state index in [0.29, 0.717) is 5.17 Å². The second-order valence-corrected chi connectivity index (χ2v) is 13.5. The van der Waals surface area contributed by atoms with Gasteiger partial charge in [-0.25, -0.2) is 0 Å². The lowest BCUT2D eigenvalue weighted by molar-refractivity contribution is -0.479. The van der Waals surface area contributed by atoms with Crippen LogP contribution in [0.1, 0.15) is 31.2 Å². The molecular formula is C37H41N5O19S. The molecule has 0 spiro atoms. The van der Waals surface area contributed by atoms with Crippen LogP contribution in [0.5, 0.6) is 5.75 Å². The van der Waals surface area contributed by atoms with Gasteiger partial charge in [-0.05, 0) is 59.7 Å². The highest BCUT2D eigenvalue weighted by Crippen LogP contribution is 2.29. The van der Waals surface area contributed by atoms with Gasteiger partial charge in [-0.15, -0.1) is 0 Å². The van der Waals surface area contributed by atoms with Gasteiger partial charge < -0.3 is 38.4 Å². The molecule has 0 saturated carbocycles. The Labute approximate surface area is 356 Å². The minimum Gasteiger partial charge on any atom is -0.463 e. The van der Waals surface area contributed by atoms with Gasteiger partial charge in [-0.2, -0.15) is 0 Å². The van der Waals surface area contributed by atoms with Gasteiger partial charge >= 0.3 is 23.9 Å². The summed E-state index contributed by atoms with van der Waals surface area (Å²) in [5.74, 6) is -4.31. The molecule has 0 bridgehead atoms. The minimum atomic E-state index is -2.22. The normalized spacial score (nSPS) is 17.8. The summed E-state index contributed by atoms with van der Waals surface area (Å²) in [6, 6.07) is 22.3. The number of esters is 4. The van der Waals surface area contributed by atoms with Gasteiger partial charge in [-0.1, -0.05) is 42.5 Å². The number of aliphatic hydroxyl groups excluding tert-OH is 1. The number of hydrogen-bond donors (Lipinski definition) is 1. The lowest BCUT2D eigenvalue weighted by Gasteiger charge is -2.42. The minimum absolute atomic E-state index is 0.431. The topological polar surface area (TPSA) is 320 Å². The smallest absolute Gasteiger partial charge is 0.313 e. The van der Waals surface area contributed by atoms with Crippen LogP contribution >= 0.6 is 12.2 Å². The highest BCUT2D eigenvalue weighted by Gasteiger charge is 2.52.